The summed E-state index contributed by atoms with van der Waals surface area (Å²) in [5.74, 6) is -0.418. The summed E-state index contributed by atoms with van der Waals surface area (Å²) in [7, 11) is -3.68. The van der Waals surface area contributed by atoms with Crippen molar-refractivity contribution in [3.8, 4) is 0 Å². The molecule has 0 bridgehead atoms. The zero-order valence-electron chi connectivity index (χ0n) is 20.9. The van der Waals surface area contributed by atoms with E-state index in [-0.39, 0.29) is 54.5 Å². The van der Waals surface area contributed by atoms with Crippen molar-refractivity contribution < 1.29 is 18.0 Å². The molecule has 1 fully saturated rings. The van der Waals surface area contributed by atoms with E-state index in [2.05, 4.69) is 21.2 Å². The SMILES string of the molecule is C[C@@H](C(=O)NC1CCCC1)N(Cc1cccc(Br)c1)C(=O)CCCN(c1cc(Cl)ccc1Cl)S(C)(=O)=O. The summed E-state index contributed by atoms with van der Waals surface area (Å²) in [6.45, 7) is 2.03. The summed E-state index contributed by atoms with van der Waals surface area (Å²) < 4.78 is 27.1. The predicted molar refractivity (Wildman–Crippen MR) is 152 cm³/mol. The van der Waals surface area contributed by atoms with E-state index in [1.807, 2.05) is 24.3 Å². The number of halogens is 3. The highest BCUT2D eigenvalue weighted by Gasteiger charge is 2.29. The maximum absolute atomic E-state index is 13.4. The van der Waals surface area contributed by atoms with Gasteiger partial charge in [0.2, 0.25) is 21.8 Å². The minimum atomic E-state index is -3.68. The van der Waals surface area contributed by atoms with Gasteiger partial charge >= 0.3 is 0 Å². The molecule has 1 aliphatic rings. The third-order valence-electron chi connectivity index (χ3n) is 6.44. The van der Waals surface area contributed by atoms with E-state index < -0.39 is 16.1 Å². The Morgan fingerprint density at radius 1 is 1.14 bits per heavy atom. The monoisotopic (exact) mass is 631 g/mol. The normalized spacial score (nSPS) is 14.8. The number of benzene rings is 2. The van der Waals surface area contributed by atoms with E-state index in [1.165, 1.54) is 12.1 Å². The van der Waals surface area contributed by atoms with Crippen LogP contribution in [0.2, 0.25) is 10.0 Å². The number of hydrogen-bond acceptors (Lipinski definition) is 4. The van der Waals surface area contributed by atoms with Crippen LogP contribution in [0.15, 0.2) is 46.9 Å². The maximum Gasteiger partial charge on any atom is 0.242 e. The molecule has 1 saturated carbocycles. The van der Waals surface area contributed by atoms with Crippen LogP contribution >= 0.6 is 39.1 Å². The van der Waals surface area contributed by atoms with Gasteiger partial charge in [-0.25, -0.2) is 8.42 Å². The Morgan fingerprint density at radius 2 is 1.84 bits per heavy atom. The standard InChI is InChI=1S/C26H32BrCl2N3O4S/c1-18(26(34)30-22-9-3-4-10-22)31(17-19-7-5-8-20(27)15-19)25(33)11-6-14-32(37(2,35)36)24-16-21(28)12-13-23(24)29/h5,7-8,12-13,15-16,18,22H,3-4,6,9-11,14,17H2,1-2H3,(H,30,34)/t18-/m0/s1. The number of nitrogens with zero attached hydrogens (tertiary/aromatic N) is 2. The first-order valence-electron chi connectivity index (χ1n) is 12.2. The predicted octanol–water partition coefficient (Wildman–Crippen LogP) is 5.78. The van der Waals surface area contributed by atoms with Crippen LogP contribution in [0.5, 0.6) is 0 Å². The van der Waals surface area contributed by atoms with Gasteiger partial charge in [-0.2, -0.15) is 0 Å². The number of carbonyl (C=O) groups excluding carboxylic acids is 2. The van der Waals surface area contributed by atoms with Crippen molar-refractivity contribution in [2.45, 2.75) is 64.1 Å². The number of sulfonamides is 1. The van der Waals surface area contributed by atoms with Crippen LogP contribution in [-0.4, -0.2) is 50.0 Å². The summed E-state index contributed by atoms with van der Waals surface area (Å²) in [5.41, 5.74) is 1.14. The minimum Gasteiger partial charge on any atom is -0.352 e. The van der Waals surface area contributed by atoms with Gasteiger partial charge in [0, 0.05) is 35.0 Å². The Bertz CT molecular complexity index is 1220. The van der Waals surface area contributed by atoms with Gasteiger partial charge in [-0.1, -0.05) is 64.1 Å². The Morgan fingerprint density at radius 3 is 2.49 bits per heavy atom. The van der Waals surface area contributed by atoms with Crippen LogP contribution < -0.4 is 9.62 Å². The maximum atomic E-state index is 13.4. The number of hydrogen-bond donors (Lipinski definition) is 1. The lowest BCUT2D eigenvalue weighted by Gasteiger charge is -2.30. The van der Waals surface area contributed by atoms with Gasteiger partial charge < -0.3 is 10.2 Å². The molecule has 202 valence electrons. The molecule has 0 radical (unpaired) electrons. The minimum absolute atomic E-state index is 0.0397. The fourth-order valence-corrected chi connectivity index (χ4v) is 6.32. The van der Waals surface area contributed by atoms with Gasteiger partial charge in [0.15, 0.2) is 0 Å². The first kappa shape index (κ1) is 29.7. The molecule has 2 amide bonds. The highest BCUT2D eigenvalue weighted by atomic mass is 79.9. The molecule has 0 aliphatic heterocycles. The summed E-state index contributed by atoms with van der Waals surface area (Å²) in [4.78, 5) is 28.0. The number of rotatable bonds is 11. The van der Waals surface area contributed by atoms with E-state index in [1.54, 1.807) is 17.9 Å². The molecule has 1 aliphatic carbocycles. The lowest BCUT2D eigenvalue weighted by Crippen LogP contribution is -2.49. The second-order valence-corrected chi connectivity index (χ2v) is 13.0. The molecular formula is C26H32BrCl2N3O4S. The largest absolute Gasteiger partial charge is 0.352 e. The zero-order valence-corrected chi connectivity index (χ0v) is 24.8. The highest BCUT2D eigenvalue weighted by molar-refractivity contribution is 9.10. The lowest BCUT2D eigenvalue weighted by atomic mass is 10.1. The van der Waals surface area contributed by atoms with Crippen LogP contribution in [0.3, 0.4) is 0 Å². The van der Waals surface area contributed by atoms with E-state index >= 15 is 0 Å². The van der Waals surface area contributed by atoms with Gasteiger partial charge in [0.1, 0.15) is 6.04 Å². The molecule has 1 atom stereocenters. The molecule has 3 rings (SSSR count). The van der Waals surface area contributed by atoms with Gasteiger partial charge in [-0.3, -0.25) is 13.9 Å². The second-order valence-electron chi connectivity index (χ2n) is 9.35. The molecule has 2 aromatic carbocycles. The van der Waals surface area contributed by atoms with Gasteiger partial charge in [-0.15, -0.1) is 0 Å². The van der Waals surface area contributed by atoms with Crippen molar-refractivity contribution >= 4 is 66.7 Å². The second kappa shape index (κ2) is 13.3. The van der Waals surface area contributed by atoms with Crippen LogP contribution in [0.1, 0.15) is 51.0 Å². The van der Waals surface area contributed by atoms with Crippen molar-refractivity contribution in [3.63, 3.8) is 0 Å². The molecule has 1 N–H and O–H groups in total. The van der Waals surface area contributed by atoms with Crippen molar-refractivity contribution in [3.05, 3.63) is 62.5 Å². The van der Waals surface area contributed by atoms with E-state index in [9.17, 15) is 18.0 Å². The molecule has 2 aromatic rings. The van der Waals surface area contributed by atoms with E-state index in [0.717, 1.165) is 46.3 Å². The highest BCUT2D eigenvalue weighted by Crippen LogP contribution is 2.31. The average Bonchev–Trinajstić information content (AvgIpc) is 3.34. The molecular weight excluding hydrogens is 601 g/mol. The molecule has 11 heteroatoms. The van der Waals surface area contributed by atoms with Crippen molar-refractivity contribution in [2.24, 2.45) is 0 Å². The Labute approximate surface area is 237 Å². The molecule has 0 aromatic heterocycles. The summed E-state index contributed by atoms with van der Waals surface area (Å²) >= 11 is 15.8. The van der Waals surface area contributed by atoms with E-state index in [0.29, 0.717) is 5.02 Å². The summed E-state index contributed by atoms with van der Waals surface area (Å²) in [6, 6.07) is 11.7. The molecule has 0 spiro atoms. The van der Waals surface area contributed by atoms with Crippen molar-refractivity contribution in [1.29, 1.82) is 0 Å². The first-order valence-corrected chi connectivity index (χ1v) is 15.6. The van der Waals surface area contributed by atoms with Gasteiger partial charge in [0.05, 0.1) is 17.0 Å². The lowest BCUT2D eigenvalue weighted by molar-refractivity contribution is -0.141. The van der Waals surface area contributed by atoms with E-state index in [4.69, 9.17) is 23.2 Å². The zero-order chi connectivity index (χ0) is 27.2. The topological polar surface area (TPSA) is 86.8 Å². The molecule has 0 unspecified atom stereocenters. The number of carbonyl (C=O) groups is 2. The summed E-state index contributed by atoms with van der Waals surface area (Å²) in [6.07, 6.45) is 5.46. The average molecular weight is 633 g/mol. The van der Waals surface area contributed by atoms with Crippen molar-refractivity contribution in [2.75, 3.05) is 17.1 Å². The Kier molecular flexibility index (Phi) is 10.7. The third-order valence-corrected chi connectivity index (χ3v) is 8.67. The fraction of sp³-hybridized carbons (Fsp3) is 0.462. The van der Waals surface area contributed by atoms with Crippen LogP contribution in [-0.2, 0) is 26.2 Å². The van der Waals surface area contributed by atoms with Gasteiger partial charge in [0.25, 0.3) is 0 Å². The molecule has 0 saturated heterocycles. The number of anilines is 1. The third kappa shape index (κ3) is 8.60. The molecule has 0 heterocycles. The van der Waals surface area contributed by atoms with Crippen LogP contribution in [0.25, 0.3) is 0 Å². The van der Waals surface area contributed by atoms with Crippen molar-refractivity contribution in [1.82, 2.24) is 10.2 Å². The molecule has 37 heavy (non-hydrogen) atoms. The fourth-order valence-electron chi connectivity index (χ4n) is 4.47. The quantitative estimate of drug-likeness (QED) is 0.340. The molecule has 7 nitrogen and oxygen atoms in total. The number of nitrogens with one attached hydrogen (secondary N) is 1. The first-order chi connectivity index (χ1) is 17.5. The smallest absolute Gasteiger partial charge is 0.242 e. The van der Waals surface area contributed by atoms with Crippen LogP contribution in [0, 0.1) is 0 Å². The van der Waals surface area contributed by atoms with Crippen LogP contribution in [0.4, 0.5) is 5.69 Å². The Hall–Kier alpha value is -1.81. The van der Waals surface area contributed by atoms with Gasteiger partial charge in [-0.05, 0) is 62.1 Å². The summed E-state index contributed by atoms with van der Waals surface area (Å²) in [5, 5.41) is 3.68. The number of amides is 2. The Balaban J connectivity index is 1.74.